The summed E-state index contributed by atoms with van der Waals surface area (Å²) in [4.78, 5) is 10.1. The van der Waals surface area contributed by atoms with Gasteiger partial charge in [-0.1, -0.05) is 13.3 Å². The molecule has 1 saturated carbocycles. The van der Waals surface area contributed by atoms with Crippen molar-refractivity contribution in [1.29, 1.82) is 0 Å². The highest BCUT2D eigenvalue weighted by Crippen LogP contribution is 2.23. The first kappa shape index (κ1) is 18.4. The van der Waals surface area contributed by atoms with Crippen molar-refractivity contribution in [3.8, 4) is 0 Å². The van der Waals surface area contributed by atoms with E-state index in [0.29, 0.717) is 17.8 Å². The Morgan fingerprint density at radius 1 is 1.43 bits per heavy atom. The summed E-state index contributed by atoms with van der Waals surface area (Å²) in [6.45, 7) is 6.83. The maximum absolute atomic E-state index is 12.0. The van der Waals surface area contributed by atoms with E-state index in [9.17, 15) is 4.21 Å². The number of aryl methyl sites for hydroxylation is 2. The van der Waals surface area contributed by atoms with Crippen LogP contribution in [0.3, 0.4) is 0 Å². The van der Waals surface area contributed by atoms with Crippen molar-refractivity contribution in [3.63, 3.8) is 0 Å². The number of hydrogen-bond acceptors (Lipinski definition) is 4. The maximum atomic E-state index is 12.0. The Hall–Kier alpha value is -0.950. The fourth-order valence-corrected chi connectivity index (χ4v) is 5.13. The maximum Gasteiger partial charge on any atom is 0.191 e. The van der Waals surface area contributed by atoms with Crippen molar-refractivity contribution in [2.75, 3.05) is 12.8 Å². The van der Waals surface area contributed by atoms with Gasteiger partial charge in [0.25, 0.3) is 0 Å². The van der Waals surface area contributed by atoms with E-state index < -0.39 is 10.8 Å². The zero-order chi connectivity index (χ0) is 16.8. The lowest BCUT2D eigenvalue weighted by atomic mass is 9.95. The van der Waals surface area contributed by atoms with Crippen LogP contribution < -0.4 is 10.6 Å². The SMILES string of the molecule is CCS(=O)C1CCCC(NC(=NC)NCc2nc(C)c(C)s2)C1. The molecule has 130 valence electrons. The molecule has 2 N–H and O–H groups in total. The zero-order valence-corrected chi connectivity index (χ0v) is 16.1. The Bertz CT molecular complexity index is 551. The lowest BCUT2D eigenvalue weighted by Crippen LogP contribution is -2.46. The van der Waals surface area contributed by atoms with Gasteiger partial charge in [-0.15, -0.1) is 11.3 Å². The molecule has 0 spiro atoms. The van der Waals surface area contributed by atoms with Gasteiger partial charge in [-0.3, -0.25) is 9.20 Å². The number of aromatic nitrogens is 1. The molecule has 3 atom stereocenters. The molecule has 0 bridgehead atoms. The molecule has 1 fully saturated rings. The minimum Gasteiger partial charge on any atom is -0.354 e. The third kappa shape index (κ3) is 5.28. The fraction of sp³-hybridized carbons (Fsp3) is 0.750. The molecule has 1 aromatic heterocycles. The van der Waals surface area contributed by atoms with Crippen molar-refractivity contribution in [3.05, 3.63) is 15.6 Å². The van der Waals surface area contributed by atoms with Crippen LogP contribution in [0.5, 0.6) is 0 Å². The third-order valence-electron chi connectivity index (χ3n) is 4.33. The molecule has 1 aliphatic carbocycles. The molecule has 0 radical (unpaired) electrons. The molecular weight excluding hydrogens is 328 g/mol. The van der Waals surface area contributed by atoms with E-state index in [1.165, 1.54) is 4.88 Å². The van der Waals surface area contributed by atoms with Crippen LogP contribution in [0.1, 0.15) is 48.2 Å². The summed E-state index contributed by atoms with van der Waals surface area (Å²) in [5, 5.41) is 8.24. The molecule has 2 rings (SSSR count). The number of rotatable bonds is 5. The van der Waals surface area contributed by atoms with E-state index in [-0.39, 0.29) is 0 Å². The number of guanidine groups is 1. The van der Waals surface area contributed by atoms with Gasteiger partial charge in [0.1, 0.15) is 5.01 Å². The summed E-state index contributed by atoms with van der Waals surface area (Å²) in [7, 11) is 1.10. The van der Waals surface area contributed by atoms with Gasteiger partial charge in [-0.25, -0.2) is 4.98 Å². The molecule has 23 heavy (non-hydrogen) atoms. The van der Waals surface area contributed by atoms with Gasteiger partial charge in [0, 0.05) is 39.8 Å². The minimum absolute atomic E-state index is 0.327. The molecule has 7 heteroatoms. The highest BCUT2D eigenvalue weighted by molar-refractivity contribution is 7.85. The Morgan fingerprint density at radius 3 is 2.83 bits per heavy atom. The molecule has 0 saturated heterocycles. The summed E-state index contributed by atoms with van der Waals surface area (Å²) in [6, 6.07) is 0.357. The Kier molecular flexibility index (Phi) is 7.02. The number of aliphatic imine (C=N–C) groups is 1. The zero-order valence-electron chi connectivity index (χ0n) is 14.5. The normalized spacial score (nSPS) is 23.6. The summed E-state index contributed by atoms with van der Waals surface area (Å²) in [5.74, 6) is 1.57. The molecule has 3 unspecified atom stereocenters. The summed E-state index contributed by atoms with van der Waals surface area (Å²) >= 11 is 1.72. The van der Waals surface area contributed by atoms with Gasteiger partial charge in [0.2, 0.25) is 0 Å². The highest BCUT2D eigenvalue weighted by atomic mass is 32.2. The van der Waals surface area contributed by atoms with Crippen molar-refractivity contribution in [1.82, 2.24) is 15.6 Å². The summed E-state index contributed by atoms with van der Waals surface area (Å²) < 4.78 is 12.0. The van der Waals surface area contributed by atoms with Gasteiger partial charge in [0.15, 0.2) is 5.96 Å². The van der Waals surface area contributed by atoms with E-state index in [4.69, 9.17) is 0 Å². The average Bonchev–Trinajstić information content (AvgIpc) is 2.89. The first-order valence-electron chi connectivity index (χ1n) is 8.30. The quantitative estimate of drug-likeness (QED) is 0.628. The second-order valence-corrected chi connectivity index (χ2v) is 9.27. The van der Waals surface area contributed by atoms with Gasteiger partial charge in [0.05, 0.1) is 12.2 Å². The largest absolute Gasteiger partial charge is 0.354 e. The number of nitrogens with one attached hydrogen (secondary N) is 2. The van der Waals surface area contributed by atoms with Crippen molar-refractivity contribution in [2.24, 2.45) is 4.99 Å². The number of hydrogen-bond donors (Lipinski definition) is 2. The van der Waals surface area contributed by atoms with E-state index in [1.807, 2.05) is 13.8 Å². The predicted octanol–water partition coefficient (Wildman–Crippen LogP) is 2.50. The fourth-order valence-electron chi connectivity index (χ4n) is 2.91. The van der Waals surface area contributed by atoms with E-state index >= 15 is 0 Å². The summed E-state index contributed by atoms with van der Waals surface area (Å²) in [6.07, 6.45) is 4.31. The molecule has 1 heterocycles. The minimum atomic E-state index is -0.693. The standard InChI is InChI=1S/C16H28N4OS2/c1-5-23(21)14-8-6-7-13(9-14)20-16(17-4)18-10-15-19-11(2)12(3)22-15/h13-14H,5-10H2,1-4H3,(H2,17,18,20). The van der Waals surface area contributed by atoms with E-state index in [0.717, 1.165) is 48.1 Å². The molecule has 5 nitrogen and oxygen atoms in total. The molecular formula is C16H28N4OS2. The summed E-state index contributed by atoms with van der Waals surface area (Å²) in [5.41, 5.74) is 1.10. The average molecular weight is 357 g/mol. The number of nitrogens with zero attached hydrogens (tertiary/aromatic N) is 2. The van der Waals surface area contributed by atoms with Crippen LogP contribution in [-0.2, 0) is 17.3 Å². The van der Waals surface area contributed by atoms with Crippen LogP contribution in [0.25, 0.3) is 0 Å². The van der Waals surface area contributed by atoms with Crippen LogP contribution in [0.4, 0.5) is 0 Å². The second-order valence-electron chi connectivity index (χ2n) is 5.97. The topological polar surface area (TPSA) is 66.4 Å². The highest BCUT2D eigenvalue weighted by Gasteiger charge is 2.26. The third-order valence-corrected chi connectivity index (χ3v) is 7.14. The van der Waals surface area contributed by atoms with Crippen LogP contribution in [0.15, 0.2) is 4.99 Å². The van der Waals surface area contributed by atoms with Crippen molar-refractivity contribution < 1.29 is 4.21 Å². The van der Waals surface area contributed by atoms with Crippen LogP contribution in [-0.4, -0.2) is 39.2 Å². The monoisotopic (exact) mass is 356 g/mol. The molecule has 1 aromatic rings. The Morgan fingerprint density at radius 2 is 2.22 bits per heavy atom. The lowest BCUT2D eigenvalue weighted by molar-refractivity contribution is 0.413. The molecule has 0 amide bonds. The lowest BCUT2D eigenvalue weighted by Gasteiger charge is -2.30. The van der Waals surface area contributed by atoms with Crippen molar-refractivity contribution >= 4 is 28.1 Å². The Labute approximate surface area is 145 Å². The van der Waals surface area contributed by atoms with Gasteiger partial charge in [-0.2, -0.15) is 0 Å². The van der Waals surface area contributed by atoms with Gasteiger partial charge < -0.3 is 10.6 Å². The first-order chi connectivity index (χ1) is 11.0. The predicted molar refractivity (Wildman–Crippen MR) is 99.6 cm³/mol. The Balaban J connectivity index is 1.85. The first-order valence-corrected chi connectivity index (χ1v) is 10.5. The van der Waals surface area contributed by atoms with Crippen molar-refractivity contribution in [2.45, 2.75) is 64.3 Å². The van der Waals surface area contributed by atoms with Crippen LogP contribution in [0.2, 0.25) is 0 Å². The number of thiazole rings is 1. The van der Waals surface area contributed by atoms with Crippen LogP contribution >= 0.6 is 11.3 Å². The van der Waals surface area contributed by atoms with Gasteiger partial charge in [-0.05, 0) is 33.1 Å². The van der Waals surface area contributed by atoms with E-state index in [1.54, 1.807) is 18.4 Å². The smallest absolute Gasteiger partial charge is 0.191 e. The second kappa shape index (κ2) is 8.78. The van der Waals surface area contributed by atoms with E-state index in [2.05, 4.69) is 27.5 Å². The van der Waals surface area contributed by atoms with Crippen LogP contribution in [0, 0.1) is 13.8 Å². The molecule has 1 aliphatic rings. The molecule has 0 aromatic carbocycles. The van der Waals surface area contributed by atoms with Gasteiger partial charge >= 0.3 is 0 Å². The molecule has 0 aliphatic heterocycles.